The van der Waals surface area contributed by atoms with Gasteiger partial charge in [0.15, 0.2) is 5.16 Å². The molecule has 152 valence electrons. The lowest BCUT2D eigenvalue weighted by Gasteiger charge is -2.14. The van der Waals surface area contributed by atoms with Gasteiger partial charge in [-0.3, -0.25) is 9.36 Å². The van der Waals surface area contributed by atoms with Crippen molar-refractivity contribution in [3.63, 3.8) is 0 Å². The largest absolute Gasteiger partial charge is 0.268 e. The molecule has 0 bridgehead atoms. The Morgan fingerprint density at radius 1 is 1.00 bits per heavy atom. The number of halogens is 2. The molecule has 0 saturated carbocycles. The van der Waals surface area contributed by atoms with Gasteiger partial charge in [0, 0.05) is 16.2 Å². The molecule has 2 aromatic heterocycles. The van der Waals surface area contributed by atoms with Crippen molar-refractivity contribution in [1.82, 2.24) is 9.55 Å². The van der Waals surface area contributed by atoms with Crippen LogP contribution in [0.15, 0.2) is 58.5 Å². The summed E-state index contributed by atoms with van der Waals surface area (Å²) in [5.41, 5.74) is 1.70. The molecule has 0 saturated heterocycles. The molecule has 5 rings (SSSR count). The van der Waals surface area contributed by atoms with Crippen molar-refractivity contribution in [2.75, 3.05) is 0 Å². The quantitative estimate of drug-likeness (QED) is 0.293. The van der Waals surface area contributed by atoms with Crippen molar-refractivity contribution in [2.45, 2.75) is 36.6 Å². The number of aryl methyl sites for hydroxylation is 2. The number of hydrogen-bond acceptors (Lipinski definition) is 4. The zero-order valence-corrected chi connectivity index (χ0v) is 17.7. The fourth-order valence-electron chi connectivity index (χ4n) is 3.89. The van der Waals surface area contributed by atoms with Crippen molar-refractivity contribution >= 4 is 33.3 Å². The number of benzene rings is 2. The summed E-state index contributed by atoms with van der Waals surface area (Å²) in [5, 5.41) is 1.14. The highest BCUT2D eigenvalue weighted by Crippen LogP contribution is 2.36. The number of rotatable bonds is 4. The van der Waals surface area contributed by atoms with Crippen LogP contribution in [0.1, 0.15) is 28.8 Å². The van der Waals surface area contributed by atoms with Crippen molar-refractivity contribution in [3.8, 4) is 5.69 Å². The maximum atomic E-state index is 14.1. The molecule has 0 N–H and O–H groups in total. The van der Waals surface area contributed by atoms with E-state index in [0.717, 1.165) is 36.1 Å². The topological polar surface area (TPSA) is 34.9 Å². The van der Waals surface area contributed by atoms with E-state index in [1.807, 2.05) is 30.3 Å². The van der Waals surface area contributed by atoms with Gasteiger partial charge in [-0.25, -0.2) is 13.8 Å². The highest BCUT2D eigenvalue weighted by molar-refractivity contribution is 7.98. The summed E-state index contributed by atoms with van der Waals surface area (Å²) >= 11 is 2.75. The minimum Gasteiger partial charge on any atom is -0.268 e. The standard InChI is InChI=1S/C23H18F2N2OS2/c24-17-10-6-11-18(25)16(17)13-29-23-26-21-20(15-9-4-5-12-19(15)30-21)22(28)27(23)14-7-2-1-3-8-14/h1-3,6-8,10-11H,4-5,9,12-13H2. The molecule has 0 unspecified atom stereocenters. The van der Waals surface area contributed by atoms with Crippen molar-refractivity contribution < 1.29 is 8.78 Å². The van der Waals surface area contributed by atoms with E-state index in [1.165, 1.54) is 34.8 Å². The Bertz CT molecular complexity index is 1280. The van der Waals surface area contributed by atoms with Crippen LogP contribution in [0.4, 0.5) is 8.78 Å². The second-order valence-corrected chi connectivity index (χ2v) is 9.28. The van der Waals surface area contributed by atoms with Gasteiger partial charge in [-0.05, 0) is 55.5 Å². The number of aromatic nitrogens is 2. The summed E-state index contributed by atoms with van der Waals surface area (Å²) in [5.74, 6) is -1.14. The Kier molecular flexibility index (Phi) is 5.16. The van der Waals surface area contributed by atoms with Crippen LogP contribution in [0, 0.1) is 11.6 Å². The average molecular weight is 441 g/mol. The van der Waals surface area contributed by atoms with Crippen LogP contribution in [0.3, 0.4) is 0 Å². The first-order chi connectivity index (χ1) is 14.6. The minimum absolute atomic E-state index is 0.0121. The van der Waals surface area contributed by atoms with Gasteiger partial charge in [0.2, 0.25) is 0 Å². The third kappa shape index (κ3) is 3.36. The molecule has 0 spiro atoms. The fraction of sp³-hybridized carbons (Fsp3) is 0.217. The molecule has 0 atom stereocenters. The fourth-order valence-corrected chi connectivity index (χ4v) is 6.23. The molecule has 0 fully saturated rings. The van der Waals surface area contributed by atoms with Crippen LogP contribution in [0.25, 0.3) is 15.9 Å². The van der Waals surface area contributed by atoms with Crippen LogP contribution >= 0.6 is 23.1 Å². The maximum Gasteiger partial charge on any atom is 0.267 e. The summed E-state index contributed by atoms with van der Waals surface area (Å²) in [4.78, 5) is 20.3. The van der Waals surface area contributed by atoms with Crippen LogP contribution < -0.4 is 5.56 Å². The van der Waals surface area contributed by atoms with E-state index in [2.05, 4.69) is 0 Å². The van der Waals surface area contributed by atoms with E-state index >= 15 is 0 Å². The van der Waals surface area contributed by atoms with E-state index in [-0.39, 0.29) is 16.9 Å². The van der Waals surface area contributed by atoms with Crippen LogP contribution in [-0.4, -0.2) is 9.55 Å². The van der Waals surface area contributed by atoms with Crippen LogP contribution in [0.5, 0.6) is 0 Å². The summed E-state index contributed by atoms with van der Waals surface area (Å²) < 4.78 is 29.8. The van der Waals surface area contributed by atoms with Crippen molar-refractivity contribution in [3.05, 3.63) is 86.5 Å². The summed E-state index contributed by atoms with van der Waals surface area (Å²) in [6.45, 7) is 0. The van der Waals surface area contributed by atoms with Gasteiger partial charge in [0.1, 0.15) is 16.5 Å². The summed E-state index contributed by atoms with van der Waals surface area (Å²) in [7, 11) is 0. The van der Waals surface area contributed by atoms with Gasteiger partial charge < -0.3 is 0 Å². The van der Waals surface area contributed by atoms with E-state index in [9.17, 15) is 13.6 Å². The smallest absolute Gasteiger partial charge is 0.267 e. The predicted octanol–water partition coefficient (Wildman–Crippen LogP) is 5.90. The number of thioether (sulfide) groups is 1. The molecule has 0 amide bonds. The second-order valence-electron chi connectivity index (χ2n) is 7.25. The van der Waals surface area contributed by atoms with Crippen LogP contribution in [0.2, 0.25) is 0 Å². The van der Waals surface area contributed by atoms with Gasteiger partial charge in [-0.1, -0.05) is 36.0 Å². The molecular weight excluding hydrogens is 422 g/mol. The SMILES string of the molecule is O=c1c2c3c(sc2nc(SCc2c(F)cccc2F)n1-c1ccccc1)CCCC3. The molecule has 1 aliphatic rings. The highest BCUT2D eigenvalue weighted by Gasteiger charge is 2.23. The lowest BCUT2D eigenvalue weighted by molar-refractivity contribution is 0.566. The molecule has 2 aromatic carbocycles. The van der Waals surface area contributed by atoms with Gasteiger partial charge in [-0.15, -0.1) is 11.3 Å². The number of hydrogen-bond donors (Lipinski definition) is 0. The number of nitrogens with zero attached hydrogens (tertiary/aromatic N) is 2. The third-order valence-corrected chi connectivity index (χ3v) is 7.53. The Labute approximate surface area is 180 Å². The molecule has 3 nitrogen and oxygen atoms in total. The number of thiophene rings is 1. The van der Waals surface area contributed by atoms with E-state index in [4.69, 9.17) is 4.98 Å². The Hall–Kier alpha value is -2.51. The lowest BCUT2D eigenvalue weighted by atomic mass is 9.97. The zero-order chi connectivity index (χ0) is 20.7. The highest BCUT2D eigenvalue weighted by atomic mass is 32.2. The Morgan fingerprint density at radius 3 is 2.50 bits per heavy atom. The van der Waals surface area contributed by atoms with Gasteiger partial charge >= 0.3 is 0 Å². The van der Waals surface area contributed by atoms with E-state index in [1.54, 1.807) is 15.9 Å². The van der Waals surface area contributed by atoms with Gasteiger partial charge in [0.25, 0.3) is 5.56 Å². The molecule has 0 aliphatic heterocycles. The molecule has 30 heavy (non-hydrogen) atoms. The first-order valence-electron chi connectivity index (χ1n) is 9.82. The predicted molar refractivity (Wildman–Crippen MR) is 118 cm³/mol. The Morgan fingerprint density at radius 2 is 1.73 bits per heavy atom. The van der Waals surface area contributed by atoms with Gasteiger partial charge in [0.05, 0.1) is 11.1 Å². The van der Waals surface area contributed by atoms with Crippen LogP contribution in [-0.2, 0) is 18.6 Å². The number of fused-ring (bicyclic) bond motifs is 3. The van der Waals surface area contributed by atoms with Crippen molar-refractivity contribution in [2.24, 2.45) is 0 Å². The molecule has 2 heterocycles. The van der Waals surface area contributed by atoms with Gasteiger partial charge in [-0.2, -0.15) is 0 Å². The molecule has 0 radical (unpaired) electrons. The third-order valence-electron chi connectivity index (χ3n) is 5.38. The molecule has 4 aromatic rings. The first-order valence-corrected chi connectivity index (χ1v) is 11.6. The summed E-state index contributed by atoms with van der Waals surface area (Å²) in [6, 6.07) is 13.1. The lowest BCUT2D eigenvalue weighted by Crippen LogP contribution is -2.22. The monoisotopic (exact) mass is 440 g/mol. The van der Waals surface area contributed by atoms with Crippen molar-refractivity contribution in [1.29, 1.82) is 0 Å². The molecule has 7 heteroatoms. The normalized spacial score (nSPS) is 13.5. The minimum atomic E-state index is -0.594. The molecule has 1 aliphatic carbocycles. The van der Waals surface area contributed by atoms with E-state index < -0.39 is 11.6 Å². The zero-order valence-electron chi connectivity index (χ0n) is 16.0. The second kappa shape index (κ2) is 7.96. The Balaban J connectivity index is 1.67. The molecular formula is C23H18F2N2OS2. The average Bonchev–Trinajstić information content (AvgIpc) is 3.13. The maximum absolute atomic E-state index is 14.1. The number of para-hydroxylation sites is 1. The first kappa shape index (κ1) is 19.5. The summed E-state index contributed by atoms with van der Waals surface area (Å²) in [6.07, 6.45) is 4.07. The van der Waals surface area contributed by atoms with E-state index in [0.29, 0.717) is 16.2 Å².